The Hall–Kier alpha value is -0.790. The first-order valence-electron chi connectivity index (χ1n) is 17.8. The van der Waals surface area contributed by atoms with Gasteiger partial charge in [-0.05, 0) is 33.1 Å². The molecule has 0 atom stereocenters. The van der Waals surface area contributed by atoms with Gasteiger partial charge in [0.2, 0.25) is 0 Å². The summed E-state index contributed by atoms with van der Waals surface area (Å²) in [5.74, 6) is 1.57. The van der Waals surface area contributed by atoms with Crippen molar-refractivity contribution in [3.05, 3.63) is 18.2 Å². The van der Waals surface area contributed by atoms with Gasteiger partial charge in [0.15, 0.2) is 0 Å². The third-order valence-corrected chi connectivity index (χ3v) is 8.60. The molecule has 0 unspecified atom stereocenters. The van der Waals surface area contributed by atoms with Crippen LogP contribution in [0.25, 0.3) is 0 Å². The van der Waals surface area contributed by atoms with Crippen LogP contribution in [0.1, 0.15) is 207 Å². The summed E-state index contributed by atoms with van der Waals surface area (Å²) in [6, 6.07) is 0.569. The van der Waals surface area contributed by atoms with Gasteiger partial charge in [0.1, 0.15) is 12.4 Å². The van der Waals surface area contributed by atoms with Gasteiger partial charge in [-0.2, -0.15) is 0 Å². The summed E-state index contributed by atoms with van der Waals surface area (Å²) < 4.78 is 5.11. The van der Waals surface area contributed by atoms with Crippen LogP contribution < -0.4 is 4.57 Å². The molecular formula is C36H71N2+. The van der Waals surface area contributed by atoms with Crippen molar-refractivity contribution in [1.29, 1.82) is 0 Å². The monoisotopic (exact) mass is 532 g/mol. The standard InChI is InChI=1S/C36H71N2/c1-5-7-9-11-13-15-17-18-19-20-21-22-23-25-27-29-31-36-37(33-34-38(36)35(3)4)32-30-28-26-24-16-14-12-10-8-6-2/h33-35H,5-32H2,1-4H3/q+1. The smallest absolute Gasteiger partial charge is 0.234 e. The highest BCUT2D eigenvalue weighted by Crippen LogP contribution is 2.16. The number of nitrogens with zero attached hydrogens (tertiary/aromatic N) is 2. The van der Waals surface area contributed by atoms with Crippen molar-refractivity contribution in [2.45, 2.75) is 214 Å². The Morgan fingerprint density at radius 1 is 0.500 bits per heavy atom. The lowest BCUT2D eigenvalue weighted by Gasteiger charge is -2.08. The van der Waals surface area contributed by atoms with E-state index in [9.17, 15) is 0 Å². The molecule has 1 aromatic rings. The first-order valence-corrected chi connectivity index (χ1v) is 17.8. The normalized spacial score (nSPS) is 11.7. The lowest BCUT2D eigenvalue weighted by atomic mass is 10.0. The van der Waals surface area contributed by atoms with E-state index >= 15 is 0 Å². The van der Waals surface area contributed by atoms with Gasteiger partial charge in [0, 0.05) is 6.42 Å². The molecule has 2 nitrogen and oxygen atoms in total. The van der Waals surface area contributed by atoms with Crippen LogP contribution in [0, 0.1) is 0 Å². The fourth-order valence-electron chi connectivity index (χ4n) is 6.02. The molecule has 0 saturated carbocycles. The Morgan fingerprint density at radius 2 is 0.842 bits per heavy atom. The average molecular weight is 532 g/mol. The number of hydrogen-bond acceptors (Lipinski definition) is 0. The van der Waals surface area contributed by atoms with Crippen molar-refractivity contribution in [1.82, 2.24) is 4.57 Å². The van der Waals surface area contributed by atoms with E-state index in [-0.39, 0.29) is 0 Å². The van der Waals surface area contributed by atoms with E-state index in [1.807, 2.05) is 0 Å². The first-order chi connectivity index (χ1) is 18.7. The van der Waals surface area contributed by atoms with Crippen LogP contribution in [0.2, 0.25) is 0 Å². The van der Waals surface area contributed by atoms with Gasteiger partial charge in [-0.1, -0.05) is 162 Å². The van der Waals surface area contributed by atoms with Crippen molar-refractivity contribution in [2.75, 3.05) is 0 Å². The summed E-state index contributed by atoms with van der Waals surface area (Å²) in [5, 5.41) is 0. The number of hydrogen-bond donors (Lipinski definition) is 0. The minimum Gasteiger partial charge on any atom is -0.234 e. The molecule has 0 fully saturated rings. The van der Waals surface area contributed by atoms with Gasteiger partial charge in [-0.3, -0.25) is 0 Å². The summed E-state index contributed by atoms with van der Waals surface area (Å²) in [5.41, 5.74) is 0. The number of unbranched alkanes of at least 4 members (excludes halogenated alkanes) is 24. The summed E-state index contributed by atoms with van der Waals surface area (Å²) in [6.45, 7) is 10.5. The van der Waals surface area contributed by atoms with Crippen molar-refractivity contribution in [3.63, 3.8) is 0 Å². The maximum Gasteiger partial charge on any atom is 0.256 e. The first kappa shape index (κ1) is 35.2. The third kappa shape index (κ3) is 19.3. The molecule has 1 rings (SSSR count). The zero-order valence-electron chi connectivity index (χ0n) is 26.9. The van der Waals surface area contributed by atoms with E-state index in [0.29, 0.717) is 6.04 Å². The quantitative estimate of drug-likeness (QED) is 0.0717. The summed E-state index contributed by atoms with van der Waals surface area (Å²) in [6.07, 6.45) is 43.3. The van der Waals surface area contributed by atoms with Gasteiger partial charge in [0.25, 0.3) is 5.82 Å². The topological polar surface area (TPSA) is 8.81 Å². The Bertz CT molecular complexity index is 602. The number of rotatable bonds is 29. The van der Waals surface area contributed by atoms with Crippen molar-refractivity contribution < 1.29 is 4.57 Å². The molecule has 0 aliphatic rings. The van der Waals surface area contributed by atoms with E-state index < -0.39 is 0 Å². The average Bonchev–Trinajstić information content (AvgIpc) is 3.32. The van der Waals surface area contributed by atoms with Crippen LogP contribution in [0.4, 0.5) is 0 Å². The Labute approximate surface area is 240 Å². The van der Waals surface area contributed by atoms with Crippen LogP contribution in [-0.4, -0.2) is 4.57 Å². The molecule has 1 aromatic heterocycles. The Balaban J connectivity index is 2.06. The molecule has 0 spiro atoms. The summed E-state index contributed by atoms with van der Waals surface area (Å²) >= 11 is 0. The molecule has 0 N–H and O–H groups in total. The minimum absolute atomic E-state index is 0.569. The van der Waals surface area contributed by atoms with Crippen LogP contribution >= 0.6 is 0 Å². The van der Waals surface area contributed by atoms with E-state index in [0.717, 1.165) is 0 Å². The molecule has 224 valence electrons. The Kier molecular flexibility index (Phi) is 24.5. The fourth-order valence-corrected chi connectivity index (χ4v) is 6.02. The highest BCUT2D eigenvalue weighted by atomic mass is 15.2. The van der Waals surface area contributed by atoms with Gasteiger partial charge in [-0.25, -0.2) is 9.13 Å². The lowest BCUT2D eigenvalue weighted by molar-refractivity contribution is -0.704. The van der Waals surface area contributed by atoms with E-state index in [2.05, 4.69) is 49.2 Å². The molecule has 0 aliphatic heterocycles. The zero-order chi connectivity index (χ0) is 27.5. The number of imidazole rings is 1. The molecular weight excluding hydrogens is 460 g/mol. The van der Waals surface area contributed by atoms with E-state index in [1.165, 1.54) is 180 Å². The minimum atomic E-state index is 0.569. The number of aromatic nitrogens is 2. The molecule has 0 aromatic carbocycles. The summed E-state index contributed by atoms with van der Waals surface area (Å²) in [4.78, 5) is 0. The fraction of sp³-hybridized carbons (Fsp3) is 0.917. The van der Waals surface area contributed by atoms with Crippen molar-refractivity contribution in [3.8, 4) is 0 Å². The highest BCUT2D eigenvalue weighted by Gasteiger charge is 2.18. The van der Waals surface area contributed by atoms with Crippen LogP contribution in [0.5, 0.6) is 0 Å². The second-order valence-electron chi connectivity index (χ2n) is 12.6. The predicted molar refractivity (Wildman–Crippen MR) is 170 cm³/mol. The predicted octanol–water partition coefficient (Wildman–Crippen LogP) is 12.1. The second kappa shape index (κ2) is 26.4. The van der Waals surface area contributed by atoms with E-state index in [4.69, 9.17) is 0 Å². The maximum absolute atomic E-state index is 2.58. The molecule has 0 amide bonds. The molecule has 0 saturated heterocycles. The maximum atomic E-state index is 2.58. The largest absolute Gasteiger partial charge is 0.256 e. The molecule has 2 heteroatoms. The van der Waals surface area contributed by atoms with E-state index in [1.54, 1.807) is 5.82 Å². The van der Waals surface area contributed by atoms with Gasteiger partial charge in [-0.15, -0.1) is 0 Å². The lowest BCUT2D eigenvalue weighted by Crippen LogP contribution is -2.37. The van der Waals surface area contributed by atoms with Gasteiger partial charge >= 0.3 is 0 Å². The van der Waals surface area contributed by atoms with Crippen LogP contribution in [0.15, 0.2) is 12.4 Å². The third-order valence-electron chi connectivity index (χ3n) is 8.60. The summed E-state index contributed by atoms with van der Waals surface area (Å²) in [7, 11) is 0. The highest BCUT2D eigenvalue weighted by molar-refractivity contribution is 4.86. The van der Waals surface area contributed by atoms with Crippen LogP contribution in [-0.2, 0) is 13.0 Å². The molecule has 0 bridgehead atoms. The Morgan fingerprint density at radius 3 is 1.21 bits per heavy atom. The van der Waals surface area contributed by atoms with Crippen molar-refractivity contribution >= 4 is 0 Å². The van der Waals surface area contributed by atoms with Gasteiger partial charge < -0.3 is 0 Å². The molecule has 38 heavy (non-hydrogen) atoms. The molecule has 0 aliphatic carbocycles. The molecule has 1 heterocycles. The SMILES string of the molecule is CCCCCCCCCCCCCCCCCCc1n(C(C)C)cc[n+]1CCCCCCCCCCCC. The second-order valence-corrected chi connectivity index (χ2v) is 12.6. The van der Waals surface area contributed by atoms with Crippen LogP contribution in [0.3, 0.4) is 0 Å². The number of aryl methyl sites for hydroxylation is 1. The zero-order valence-corrected chi connectivity index (χ0v) is 26.9. The van der Waals surface area contributed by atoms with Gasteiger partial charge in [0.05, 0.1) is 12.6 Å². The van der Waals surface area contributed by atoms with Crippen molar-refractivity contribution in [2.24, 2.45) is 0 Å². The molecule has 0 radical (unpaired) electrons.